The average Bonchev–Trinajstić information content (AvgIpc) is 2.51. The maximum absolute atomic E-state index is 12.0. The number of aryl methyl sites for hydroxylation is 1. The summed E-state index contributed by atoms with van der Waals surface area (Å²) in [7, 11) is 0. The van der Waals surface area contributed by atoms with Crippen molar-refractivity contribution in [2.45, 2.75) is 26.3 Å². The van der Waals surface area contributed by atoms with E-state index < -0.39 is 0 Å². The molecule has 2 aromatic rings. The zero-order chi connectivity index (χ0) is 15.9. The van der Waals surface area contributed by atoms with Gasteiger partial charge in [-0.25, -0.2) is 0 Å². The highest BCUT2D eigenvalue weighted by atomic mass is 35.5. The lowest BCUT2D eigenvalue weighted by Gasteiger charge is -2.14. The van der Waals surface area contributed by atoms with Crippen LogP contribution in [0.3, 0.4) is 0 Å². The molecule has 0 aliphatic heterocycles. The first kappa shape index (κ1) is 16.5. The summed E-state index contributed by atoms with van der Waals surface area (Å²) in [6.07, 6.45) is 0.420. The first-order chi connectivity index (χ1) is 10.6. The van der Waals surface area contributed by atoms with E-state index in [1.54, 1.807) is 6.07 Å². The number of carbonyl (C=O) groups excluding carboxylic acids is 1. The Morgan fingerprint density at radius 3 is 2.64 bits per heavy atom. The summed E-state index contributed by atoms with van der Waals surface area (Å²) in [4.78, 5) is 12.0. The maximum atomic E-state index is 12.0. The smallest absolute Gasteiger partial charge is 0.225 e. The Morgan fingerprint density at radius 1 is 1.18 bits per heavy atom. The summed E-state index contributed by atoms with van der Waals surface area (Å²) < 4.78 is 0. The monoisotopic (exact) mass is 316 g/mol. The number of nitrogens with one attached hydrogen (secondary N) is 2. The quantitative estimate of drug-likeness (QED) is 0.833. The highest BCUT2D eigenvalue weighted by Crippen LogP contribution is 2.20. The van der Waals surface area contributed by atoms with Gasteiger partial charge in [0.05, 0.1) is 0 Å². The van der Waals surface area contributed by atoms with E-state index in [1.807, 2.05) is 37.3 Å². The molecule has 4 heteroatoms. The van der Waals surface area contributed by atoms with Gasteiger partial charge >= 0.3 is 0 Å². The molecule has 2 aromatic carbocycles. The van der Waals surface area contributed by atoms with E-state index in [1.165, 1.54) is 5.56 Å². The van der Waals surface area contributed by atoms with Crippen molar-refractivity contribution < 1.29 is 4.79 Å². The van der Waals surface area contributed by atoms with E-state index >= 15 is 0 Å². The number of benzene rings is 2. The lowest BCUT2D eigenvalue weighted by Crippen LogP contribution is -2.24. The average molecular weight is 317 g/mol. The highest BCUT2D eigenvalue weighted by Gasteiger charge is 2.07. The summed E-state index contributed by atoms with van der Waals surface area (Å²) in [5.41, 5.74) is 2.99. The van der Waals surface area contributed by atoms with Crippen LogP contribution in [0.5, 0.6) is 0 Å². The second-order valence-electron chi connectivity index (χ2n) is 5.34. The van der Waals surface area contributed by atoms with Crippen LogP contribution < -0.4 is 10.6 Å². The summed E-state index contributed by atoms with van der Waals surface area (Å²) >= 11 is 5.95. The largest absolute Gasteiger partial charge is 0.326 e. The molecule has 0 bridgehead atoms. The number of anilines is 1. The first-order valence-corrected chi connectivity index (χ1v) is 7.78. The first-order valence-electron chi connectivity index (χ1n) is 7.40. The molecule has 0 aromatic heterocycles. The zero-order valence-electron chi connectivity index (χ0n) is 12.9. The lowest BCUT2D eigenvalue weighted by molar-refractivity contribution is -0.116. The molecule has 1 amide bonds. The molecule has 0 saturated heterocycles. The van der Waals surface area contributed by atoms with Crippen molar-refractivity contribution in [2.75, 3.05) is 11.9 Å². The lowest BCUT2D eigenvalue weighted by atomic mass is 10.1. The molecule has 2 rings (SSSR count). The topological polar surface area (TPSA) is 41.1 Å². The van der Waals surface area contributed by atoms with Gasteiger partial charge in [-0.3, -0.25) is 4.79 Å². The number of carbonyl (C=O) groups is 1. The molecule has 0 saturated carbocycles. The summed E-state index contributed by atoms with van der Waals surface area (Å²) in [6, 6.07) is 15.9. The fraction of sp³-hybridized carbons (Fsp3) is 0.278. The van der Waals surface area contributed by atoms with E-state index in [-0.39, 0.29) is 11.9 Å². The number of rotatable bonds is 6. The number of amides is 1. The van der Waals surface area contributed by atoms with E-state index in [9.17, 15) is 4.79 Å². The Balaban J connectivity index is 1.80. The summed E-state index contributed by atoms with van der Waals surface area (Å²) in [5, 5.41) is 6.88. The van der Waals surface area contributed by atoms with Crippen molar-refractivity contribution in [3.8, 4) is 0 Å². The van der Waals surface area contributed by atoms with Gasteiger partial charge in [-0.05, 0) is 37.1 Å². The van der Waals surface area contributed by atoms with Crippen molar-refractivity contribution in [3.05, 3.63) is 64.7 Å². The van der Waals surface area contributed by atoms with Crippen LogP contribution >= 0.6 is 11.6 Å². The van der Waals surface area contributed by atoms with Gasteiger partial charge in [-0.2, -0.15) is 0 Å². The minimum absolute atomic E-state index is 0.0156. The van der Waals surface area contributed by atoms with Crippen LogP contribution in [-0.2, 0) is 4.79 Å². The van der Waals surface area contributed by atoms with Gasteiger partial charge in [0.15, 0.2) is 0 Å². The van der Waals surface area contributed by atoms with Crippen LogP contribution in [0.1, 0.15) is 30.5 Å². The maximum Gasteiger partial charge on any atom is 0.225 e. The number of hydrogen-bond donors (Lipinski definition) is 2. The van der Waals surface area contributed by atoms with E-state index in [0.717, 1.165) is 11.3 Å². The molecule has 22 heavy (non-hydrogen) atoms. The van der Waals surface area contributed by atoms with Crippen LogP contribution in [0.25, 0.3) is 0 Å². The van der Waals surface area contributed by atoms with Crippen LogP contribution in [-0.4, -0.2) is 12.5 Å². The van der Waals surface area contributed by atoms with Crippen molar-refractivity contribution in [2.24, 2.45) is 0 Å². The van der Waals surface area contributed by atoms with Crippen molar-refractivity contribution in [1.29, 1.82) is 0 Å². The molecule has 1 atom stereocenters. The third kappa shape index (κ3) is 4.86. The van der Waals surface area contributed by atoms with Gasteiger partial charge in [-0.15, -0.1) is 0 Å². The summed E-state index contributed by atoms with van der Waals surface area (Å²) in [5.74, 6) is -0.0156. The number of halogens is 1. The van der Waals surface area contributed by atoms with Crippen LogP contribution in [0.2, 0.25) is 5.02 Å². The molecule has 2 N–H and O–H groups in total. The normalized spacial score (nSPS) is 12.0. The van der Waals surface area contributed by atoms with E-state index in [0.29, 0.717) is 18.0 Å². The minimum atomic E-state index is -0.0156. The molecule has 3 nitrogen and oxygen atoms in total. The molecule has 0 fully saturated rings. The Labute approximate surface area is 136 Å². The minimum Gasteiger partial charge on any atom is -0.326 e. The predicted molar refractivity (Wildman–Crippen MR) is 92.3 cm³/mol. The SMILES string of the molecule is Cc1ccc(Cl)cc1NC(=O)CCNC(C)c1ccccc1. The standard InChI is InChI=1S/C18H21ClN2O/c1-13-8-9-16(19)12-17(13)21-18(22)10-11-20-14(2)15-6-4-3-5-7-15/h3-9,12,14,20H,10-11H2,1-2H3,(H,21,22). The second kappa shape index (κ2) is 7.97. The highest BCUT2D eigenvalue weighted by molar-refractivity contribution is 6.31. The third-order valence-electron chi connectivity index (χ3n) is 3.58. The molecule has 116 valence electrons. The second-order valence-corrected chi connectivity index (χ2v) is 5.78. The van der Waals surface area contributed by atoms with Crippen LogP contribution in [0.15, 0.2) is 48.5 Å². The van der Waals surface area contributed by atoms with Gasteiger partial charge in [0, 0.05) is 29.7 Å². The van der Waals surface area contributed by atoms with Crippen molar-refractivity contribution >= 4 is 23.2 Å². The van der Waals surface area contributed by atoms with Crippen molar-refractivity contribution in [3.63, 3.8) is 0 Å². The van der Waals surface area contributed by atoms with E-state index in [4.69, 9.17) is 11.6 Å². The Hall–Kier alpha value is -1.84. The van der Waals surface area contributed by atoms with Crippen LogP contribution in [0.4, 0.5) is 5.69 Å². The fourth-order valence-electron chi connectivity index (χ4n) is 2.20. The van der Waals surface area contributed by atoms with E-state index in [2.05, 4.69) is 29.7 Å². The molecule has 0 heterocycles. The Morgan fingerprint density at radius 2 is 1.91 bits per heavy atom. The van der Waals surface area contributed by atoms with Gasteiger partial charge in [0.2, 0.25) is 5.91 Å². The van der Waals surface area contributed by atoms with Gasteiger partial charge in [-0.1, -0.05) is 48.0 Å². The van der Waals surface area contributed by atoms with Gasteiger partial charge in [0.25, 0.3) is 0 Å². The summed E-state index contributed by atoms with van der Waals surface area (Å²) in [6.45, 7) is 4.66. The predicted octanol–water partition coefficient (Wildman–Crippen LogP) is 4.33. The van der Waals surface area contributed by atoms with Crippen molar-refractivity contribution in [1.82, 2.24) is 5.32 Å². The molecule has 0 spiro atoms. The Kier molecular flexibility index (Phi) is 5.99. The zero-order valence-corrected chi connectivity index (χ0v) is 13.7. The molecule has 0 aliphatic rings. The molecular formula is C18H21ClN2O. The molecule has 1 unspecified atom stereocenters. The van der Waals surface area contributed by atoms with Gasteiger partial charge in [0.1, 0.15) is 0 Å². The number of hydrogen-bond acceptors (Lipinski definition) is 2. The third-order valence-corrected chi connectivity index (χ3v) is 3.81. The molecular weight excluding hydrogens is 296 g/mol. The Bertz CT molecular complexity index is 628. The van der Waals surface area contributed by atoms with Gasteiger partial charge < -0.3 is 10.6 Å². The molecule has 0 radical (unpaired) electrons. The fourth-order valence-corrected chi connectivity index (χ4v) is 2.38. The molecule has 0 aliphatic carbocycles. The van der Waals surface area contributed by atoms with Crippen LogP contribution in [0, 0.1) is 6.92 Å².